The van der Waals surface area contributed by atoms with Crippen LogP contribution in [0.5, 0.6) is 0 Å². The Bertz CT molecular complexity index is 516. The maximum Gasteiger partial charge on any atom is 0.134 e. The molecule has 0 fully saturated rings. The summed E-state index contributed by atoms with van der Waals surface area (Å²) in [5, 5.41) is 1.20. The summed E-state index contributed by atoms with van der Waals surface area (Å²) in [5.74, 6) is 2.03. The van der Waals surface area contributed by atoms with E-state index in [-0.39, 0.29) is 0 Å². The van der Waals surface area contributed by atoms with Crippen molar-refractivity contribution in [3.8, 4) is 11.3 Å². The van der Waals surface area contributed by atoms with Crippen LogP contribution in [0, 0.1) is 0 Å². The van der Waals surface area contributed by atoms with Gasteiger partial charge in [0.1, 0.15) is 11.5 Å². The van der Waals surface area contributed by atoms with Crippen molar-refractivity contribution in [3.63, 3.8) is 0 Å². The highest BCUT2D eigenvalue weighted by atomic mass is 35.5. The van der Waals surface area contributed by atoms with Gasteiger partial charge in [0, 0.05) is 21.5 Å². The lowest BCUT2D eigenvalue weighted by atomic mass is 10.1. The molecule has 0 saturated heterocycles. The monoisotopic (exact) mass is 283 g/mol. The zero-order chi connectivity index (χ0) is 13.1. The number of furan rings is 1. The van der Waals surface area contributed by atoms with Crippen LogP contribution in [0.25, 0.3) is 11.3 Å². The van der Waals surface area contributed by atoms with E-state index in [0.29, 0.717) is 22.5 Å². The second-order valence-electron chi connectivity index (χ2n) is 4.34. The predicted octanol–water partition coefficient (Wildman–Crippen LogP) is 4.71. The molecule has 2 nitrogen and oxygen atoms in total. The van der Waals surface area contributed by atoms with Crippen molar-refractivity contribution in [1.82, 2.24) is 0 Å². The maximum absolute atomic E-state index is 5.98. The third kappa shape index (κ3) is 3.08. The van der Waals surface area contributed by atoms with Crippen molar-refractivity contribution in [2.24, 2.45) is 5.73 Å². The maximum atomic E-state index is 5.98. The van der Waals surface area contributed by atoms with Gasteiger partial charge in [0.2, 0.25) is 0 Å². The molecule has 0 bridgehead atoms. The van der Waals surface area contributed by atoms with Gasteiger partial charge in [0.25, 0.3) is 0 Å². The van der Waals surface area contributed by atoms with Gasteiger partial charge in [0.15, 0.2) is 0 Å². The highest BCUT2D eigenvalue weighted by Gasteiger charge is 2.11. The van der Waals surface area contributed by atoms with Crippen molar-refractivity contribution < 1.29 is 4.42 Å². The standard InChI is InChI=1S/C14H15Cl2NO/c1-9(4-5-17)13-2-3-14(18-13)10-6-11(15)8-12(16)7-10/h2-3,6-9H,4-5,17H2,1H3. The molecular formula is C14H15Cl2NO. The van der Waals surface area contributed by atoms with E-state index in [1.165, 1.54) is 0 Å². The Balaban J connectivity index is 2.29. The van der Waals surface area contributed by atoms with E-state index >= 15 is 0 Å². The van der Waals surface area contributed by atoms with Gasteiger partial charge in [-0.05, 0) is 43.3 Å². The lowest BCUT2D eigenvalue weighted by molar-refractivity contribution is 0.474. The summed E-state index contributed by atoms with van der Waals surface area (Å²) >= 11 is 12.0. The van der Waals surface area contributed by atoms with Crippen LogP contribution >= 0.6 is 23.2 Å². The number of hydrogen-bond donors (Lipinski definition) is 1. The van der Waals surface area contributed by atoms with E-state index < -0.39 is 0 Å². The molecule has 0 radical (unpaired) electrons. The minimum atomic E-state index is 0.318. The van der Waals surface area contributed by atoms with E-state index in [2.05, 4.69) is 6.92 Å². The van der Waals surface area contributed by atoms with Gasteiger partial charge >= 0.3 is 0 Å². The molecule has 96 valence electrons. The first-order valence-corrected chi connectivity index (χ1v) is 6.62. The van der Waals surface area contributed by atoms with Crippen LogP contribution in [0.3, 0.4) is 0 Å². The molecule has 1 aromatic heterocycles. The minimum absolute atomic E-state index is 0.318. The van der Waals surface area contributed by atoms with Gasteiger partial charge in [-0.2, -0.15) is 0 Å². The molecule has 1 unspecified atom stereocenters. The fourth-order valence-electron chi connectivity index (χ4n) is 1.86. The van der Waals surface area contributed by atoms with Gasteiger partial charge in [0.05, 0.1) is 0 Å². The van der Waals surface area contributed by atoms with Crippen molar-refractivity contribution >= 4 is 23.2 Å². The van der Waals surface area contributed by atoms with E-state index in [0.717, 1.165) is 23.5 Å². The van der Waals surface area contributed by atoms with Crippen LogP contribution < -0.4 is 5.73 Å². The fourth-order valence-corrected chi connectivity index (χ4v) is 2.39. The zero-order valence-electron chi connectivity index (χ0n) is 10.1. The van der Waals surface area contributed by atoms with Gasteiger partial charge in [-0.3, -0.25) is 0 Å². The number of rotatable bonds is 4. The molecule has 0 aliphatic heterocycles. The van der Waals surface area contributed by atoms with E-state index in [4.69, 9.17) is 33.4 Å². The molecule has 2 aromatic rings. The largest absolute Gasteiger partial charge is 0.461 e. The van der Waals surface area contributed by atoms with Crippen LogP contribution in [0.15, 0.2) is 34.7 Å². The smallest absolute Gasteiger partial charge is 0.134 e. The first-order chi connectivity index (χ1) is 8.60. The molecule has 18 heavy (non-hydrogen) atoms. The molecule has 0 saturated carbocycles. The van der Waals surface area contributed by atoms with Crippen LogP contribution in [-0.4, -0.2) is 6.54 Å². The van der Waals surface area contributed by atoms with Crippen molar-refractivity contribution in [2.45, 2.75) is 19.3 Å². The molecule has 0 aliphatic carbocycles. The number of benzene rings is 1. The quantitative estimate of drug-likeness (QED) is 0.883. The second kappa shape index (κ2) is 5.79. The minimum Gasteiger partial charge on any atom is -0.461 e. The van der Waals surface area contributed by atoms with Gasteiger partial charge < -0.3 is 10.2 Å². The molecule has 0 amide bonds. The lowest BCUT2D eigenvalue weighted by Gasteiger charge is -2.06. The summed E-state index contributed by atoms with van der Waals surface area (Å²) in [6, 6.07) is 9.29. The summed E-state index contributed by atoms with van der Waals surface area (Å²) in [4.78, 5) is 0. The van der Waals surface area contributed by atoms with Gasteiger partial charge in [-0.15, -0.1) is 0 Å². The Hall–Kier alpha value is -0.960. The number of nitrogens with two attached hydrogens (primary N) is 1. The Morgan fingerprint density at radius 1 is 1.17 bits per heavy atom. The predicted molar refractivity (Wildman–Crippen MR) is 76.3 cm³/mol. The summed E-state index contributed by atoms with van der Waals surface area (Å²) < 4.78 is 5.82. The van der Waals surface area contributed by atoms with E-state index in [1.807, 2.05) is 24.3 Å². The molecule has 1 aromatic carbocycles. The summed E-state index contributed by atoms with van der Waals surface area (Å²) in [7, 11) is 0. The summed E-state index contributed by atoms with van der Waals surface area (Å²) in [6.07, 6.45) is 0.906. The van der Waals surface area contributed by atoms with Crippen molar-refractivity contribution in [3.05, 3.63) is 46.1 Å². The third-order valence-corrected chi connectivity index (χ3v) is 3.30. The molecule has 2 N–H and O–H groups in total. The molecule has 0 aliphatic rings. The Morgan fingerprint density at radius 2 is 1.83 bits per heavy atom. The van der Waals surface area contributed by atoms with Crippen molar-refractivity contribution in [2.75, 3.05) is 6.54 Å². The molecule has 2 rings (SSSR count). The average Bonchev–Trinajstić information content (AvgIpc) is 2.77. The summed E-state index contributed by atoms with van der Waals surface area (Å²) in [6.45, 7) is 2.75. The Morgan fingerprint density at radius 3 is 2.44 bits per heavy atom. The Labute approximate surface area is 117 Å². The fraction of sp³-hybridized carbons (Fsp3) is 0.286. The van der Waals surface area contributed by atoms with Gasteiger partial charge in [-0.25, -0.2) is 0 Å². The Kier molecular flexibility index (Phi) is 4.33. The summed E-state index contributed by atoms with van der Waals surface area (Å²) in [5.41, 5.74) is 6.44. The first-order valence-electron chi connectivity index (χ1n) is 5.86. The van der Waals surface area contributed by atoms with Crippen molar-refractivity contribution in [1.29, 1.82) is 0 Å². The zero-order valence-corrected chi connectivity index (χ0v) is 11.6. The number of hydrogen-bond acceptors (Lipinski definition) is 2. The van der Waals surface area contributed by atoms with Crippen LogP contribution in [-0.2, 0) is 0 Å². The van der Waals surface area contributed by atoms with Gasteiger partial charge in [-0.1, -0.05) is 30.1 Å². The highest BCUT2D eigenvalue weighted by molar-refractivity contribution is 6.35. The average molecular weight is 284 g/mol. The molecule has 1 heterocycles. The number of halogens is 2. The molecule has 1 atom stereocenters. The van der Waals surface area contributed by atoms with Crippen LogP contribution in [0.1, 0.15) is 25.0 Å². The lowest BCUT2D eigenvalue weighted by Crippen LogP contribution is -2.03. The van der Waals surface area contributed by atoms with Crippen LogP contribution in [0.4, 0.5) is 0 Å². The third-order valence-electron chi connectivity index (χ3n) is 2.86. The van der Waals surface area contributed by atoms with E-state index in [1.54, 1.807) is 6.07 Å². The highest BCUT2D eigenvalue weighted by Crippen LogP contribution is 2.31. The first kappa shape index (κ1) is 13.5. The normalized spacial score (nSPS) is 12.7. The van der Waals surface area contributed by atoms with E-state index in [9.17, 15) is 0 Å². The SMILES string of the molecule is CC(CCN)c1ccc(-c2cc(Cl)cc(Cl)c2)o1. The topological polar surface area (TPSA) is 39.2 Å². The van der Waals surface area contributed by atoms with Crippen LogP contribution in [0.2, 0.25) is 10.0 Å². The molecular weight excluding hydrogens is 269 g/mol. The molecule has 0 spiro atoms. The second-order valence-corrected chi connectivity index (χ2v) is 5.21. The molecule has 4 heteroatoms.